The van der Waals surface area contributed by atoms with Crippen LogP contribution >= 0.6 is 0 Å². The SMILES string of the molecule is CN1CCCC2CN(c3ccc(C(=O)O)cc3N)CCC21. The number of nitrogens with two attached hydrogens (primary N) is 1. The third-order valence-electron chi connectivity index (χ3n) is 4.96. The minimum Gasteiger partial charge on any atom is -0.478 e. The zero-order valence-electron chi connectivity index (χ0n) is 12.5. The van der Waals surface area contributed by atoms with Crippen molar-refractivity contribution in [3.8, 4) is 0 Å². The molecular weight excluding hydrogens is 266 g/mol. The molecule has 2 heterocycles. The maximum Gasteiger partial charge on any atom is 0.335 e. The van der Waals surface area contributed by atoms with Crippen molar-refractivity contribution in [3.05, 3.63) is 23.8 Å². The van der Waals surface area contributed by atoms with Gasteiger partial charge in [-0.05, 0) is 57.0 Å². The van der Waals surface area contributed by atoms with Crippen molar-refractivity contribution in [1.82, 2.24) is 4.90 Å². The third-order valence-corrected chi connectivity index (χ3v) is 4.96. The molecule has 5 heteroatoms. The summed E-state index contributed by atoms with van der Waals surface area (Å²) in [6.45, 7) is 3.21. The van der Waals surface area contributed by atoms with E-state index in [1.807, 2.05) is 6.07 Å². The number of benzene rings is 1. The van der Waals surface area contributed by atoms with E-state index in [1.165, 1.54) is 19.4 Å². The first kappa shape index (κ1) is 14.2. The first-order chi connectivity index (χ1) is 10.1. The summed E-state index contributed by atoms with van der Waals surface area (Å²) in [7, 11) is 2.22. The van der Waals surface area contributed by atoms with E-state index < -0.39 is 5.97 Å². The van der Waals surface area contributed by atoms with Crippen LogP contribution < -0.4 is 10.6 Å². The van der Waals surface area contributed by atoms with Gasteiger partial charge in [0.1, 0.15) is 0 Å². The van der Waals surface area contributed by atoms with Gasteiger partial charge in [0.05, 0.1) is 16.9 Å². The number of fused-ring (bicyclic) bond motifs is 1. The zero-order valence-corrected chi connectivity index (χ0v) is 12.5. The summed E-state index contributed by atoms with van der Waals surface area (Å²) in [5.41, 5.74) is 7.87. The summed E-state index contributed by atoms with van der Waals surface area (Å²) in [4.78, 5) is 15.8. The molecule has 0 aromatic heterocycles. The Morgan fingerprint density at radius 2 is 2.14 bits per heavy atom. The Bertz CT molecular complexity index is 546. The third kappa shape index (κ3) is 2.70. The van der Waals surface area contributed by atoms with Crippen LogP contribution in [-0.2, 0) is 0 Å². The number of rotatable bonds is 2. The maximum absolute atomic E-state index is 11.0. The standard InChI is InChI=1S/C16H23N3O2/c1-18-7-2-3-12-10-19(8-6-14(12)18)15-5-4-11(16(20)21)9-13(15)17/h4-5,9,12,14H,2-3,6-8,10,17H2,1H3,(H,20,21). The molecule has 2 aliphatic heterocycles. The van der Waals surface area contributed by atoms with Gasteiger partial charge in [-0.25, -0.2) is 4.79 Å². The minimum absolute atomic E-state index is 0.253. The highest BCUT2D eigenvalue weighted by molar-refractivity contribution is 5.90. The molecule has 3 N–H and O–H groups in total. The van der Waals surface area contributed by atoms with Gasteiger partial charge in [0.2, 0.25) is 0 Å². The first-order valence-electron chi connectivity index (χ1n) is 7.64. The molecule has 3 rings (SSSR count). The summed E-state index contributed by atoms with van der Waals surface area (Å²) in [5.74, 6) is -0.239. The molecule has 2 saturated heterocycles. The van der Waals surface area contributed by atoms with Gasteiger partial charge in [0.15, 0.2) is 0 Å². The molecule has 0 spiro atoms. The lowest BCUT2D eigenvalue weighted by atomic mass is 9.84. The number of hydrogen-bond acceptors (Lipinski definition) is 4. The van der Waals surface area contributed by atoms with E-state index in [2.05, 4.69) is 16.8 Å². The Morgan fingerprint density at radius 3 is 2.86 bits per heavy atom. The van der Waals surface area contributed by atoms with Crippen LogP contribution in [0.4, 0.5) is 11.4 Å². The van der Waals surface area contributed by atoms with E-state index in [4.69, 9.17) is 10.8 Å². The molecule has 2 atom stereocenters. The van der Waals surface area contributed by atoms with Gasteiger partial charge in [-0.1, -0.05) is 0 Å². The van der Waals surface area contributed by atoms with Crippen LogP contribution in [0.3, 0.4) is 0 Å². The van der Waals surface area contributed by atoms with Crippen LogP contribution in [0.25, 0.3) is 0 Å². The number of nitrogen functional groups attached to an aromatic ring is 1. The Kier molecular flexibility index (Phi) is 3.76. The molecule has 2 aliphatic rings. The predicted molar refractivity (Wildman–Crippen MR) is 83.8 cm³/mol. The Balaban J connectivity index is 1.78. The first-order valence-corrected chi connectivity index (χ1v) is 7.64. The fourth-order valence-corrected chi connectivity index (χ4v) is 3.85. The molecule has 2 fully saturated rings. The average Bonchev–Trinajstić information content (AvgIpc) is 2.47. The number of piperidine rings is 2. The van der Waals surface area contributed by atoms with E-state index in [0.717, 1.165) is 25.2 Å². The Morgan fingerprint density at radius 1 is 1.33 bits per heavy atom. The largest absolute Gasteiger partial charge is 0.478 e. The number of aromatic carboxylic acids is 1. The highest BCUT2D eigenvalue weighted by Gasteiger charge is 2.34. The van der Waals surface area contributed by atoms with Crippen LogP contribution in [0.1, 0.15) is 29.6 Å². The normalized spacial score (nSPS) is 26.4. The van der Waals surface area contributed by atoms with Crippen LogP contribution in [0, 0.1) is 5.92 Å². The van der Waals surface area contributed by atoms with E-state index in [-0.39, 0.29) is 5.56 Å². The zero-order chi connectivity index (χ0) is 15.0. The van der Waals surface area contributed by atoms with Crippen molar-refractivity contribution in [1.29, 1.82) is 0 Å². The topological polar surface area (TPSA) is 69.8 Å². The molecule has 0 aliphatic carbocycles. The average molecular weight is 289 g/mol. The molecule has 1 aromatic carbocycles. The van der Waals surface area contributed by atoms with Crippen molar-refractivity contribution < 1.29 is 9.90 Å². The molecule has 2 unspecified atom stereocenters. The predicted octanol–water partition coefficient (Wildman–Crippen LogP) is 1.89. The lowest BCUT2D eigenvalue weighted by molar-refractivity contribution is 0.0697. The number of carbonyl (C=O) groups is 1. The maximum atomic E-state index is 11.0. The fourth-order valence-electron chi connectivity index (χ4n) is 3.85. The minimum atomic E-state index is -0.930. The number of nitrogens with zero attached hydrogens (tertiary/aromatic N) is 2. The number of likely N-dealkylation sites (tertiary alicyclic amines) is 1. The highest BCUT2D eigenvalue weighted by atomic mass is 16.4. The fraction of sp³-hybridized carbons (Fsp3) is 0.562. The van der Waals surface area contributed by atoms with Crippen LogP contribution in [0.15, 0.2) is 18.2 Å². The molecule has 21 heavy (non-hydrogen) atoms. The summed E-state index contributed by atoms with van der Waals surface area (Å²) < 4.78 is 0. The summed E-state index contributed by atoms with van der Waals surface area (Å²) in [6, 6.07) is 5.75. The monoisotopic (exact) mass is 289 g/mol. The van der Waals surface area contributed by atoms with Gasteiger partial charge in [0, 0.05) is 19.1 Å². The second-order valence-corrected chi connectivity index (χ2v) is 6.26. The smallest absolute Gasteiger partial charge is 0.335 e. The number of carboxylic acid groups (broad SMARTS) is 1. The summed E-state index contributed by atoms with van der Waals surface area (Å²) >= 11 is 0. The van der Waals surface area contributed by atoms with Gasteiger partial charge < -0.3 is 20.6 Å². The van der Waals surface area contributed by atoms with E-state index in [0.29, 0.717) is 17.6 Å². The van der Waals surface area contributed by atoms with Gasteiger partial charge in [-0.2, -0.15) is 0 Å². The molecule has 1 aromatic rings. The molecular formula is C16H23N3O2. The summed E-state index contributed by atoms with van der Waals surface area (Å²) in [6.07, 6.45) is 3.69. The summed E-state index contributed by atoms with van der Waals surface area (Å²) in [5, 5.41) is 9.02. The van der Waals surface area contributed by atoms with Crippen molar-refractivity contribution in [3.63, 3.8) is 0 Å². The number of hydrogen-bond donors (Lipinski definition) is 2. The van der Waals surface area contributed by atoms with Crippen LogP contribution in [0.2, 0.25) is 0 Å². The highest BCUT2D eigenvalue weighted by Crippen LogP contribution is 2.34. The number of anilines is 2. The molecule has 5 nitrogen and oxygen atoms in total. The van der Waals surface area contributed by atoms with E-state index in [1.54, 1.807) is 12.1 Å². The lowest BCUT2D eigenvalue weighted by Gasteiger charge is -2.46. The van der Waals surface area contributed by atoms with Crippen molar-refractivity contribution >= 4 is 17.3 Å². The quantitative estimate of drug-likeness (QED) is 0.814. The Hall–Kier alpha value is -1.75. The van der Waals surface area contributed by atoms with Gasteiger partial charge in [-0.15, -0.1) is 0 Å². The molecule has 114 valence electrons. The lowest BCUT2D eigenvalue weighted by Crippen LogP contribution is -2.52. The van der Waals surface area contributed by atoms with E-state index in [9.17, 15) is 4.79 Å². The molecule has 0 saturated carbocycles. The second kappa shape index (κ2) is 5.56. The van der Waals surface area contributed by atoms with Gasteiger partial charge in [-0.3, -0.25) is 0 Å². The second-order valence-electron chi connectivity index (χ2n) is 6.26. The van der Waals surface area contributed by atoms with Crippen LogP contribution in [0.5, 0.6) is 0 Å². The number of carboxylic acids is 1. The molecule has 0 radical (unpaired) electrons. The van der Waals surface area contributed by atoms with Crippen molar-refractivity contribution in [2.45, 2.75) is 25.3 Å². The van der Waals surface area contributed by atoms with Crippen LogP contribution in [-0.4, -0.2) is 48.7 Å². The van der Waals surface area contributed by atoms with Gasteiger partial charge in [0.25, 0.3) is 0 Å². The van der Waals surface area contributed by atoms with Crippen molar-refractivity contribution in [2.75, 3.05) is 37.3 Å². The molecule has 0 bridgehead atoms. The van der Waals surface area contributed by atoms with Crippen molar-refractivity contribution in [2.24, 2.45) is 5.92 Å². The van der Waals surface area contributed by atoms with E-state index >= 15 is 0 Å². The van der Waals surface area contributed by atoms with Gasteiger partial charge >= 0.3 is 5.97 Å². The Labute approximate surface area is 125 Å². The molecule has 0 amide bonds.